The number of nitrogens with one attached hydrogen (secondary N) is 1. The van der Waals surface area contributed by atoms with Crippen molar-refractivity contribution in [2.45, 2.75) is 29.7 Å². The lowest BCUT2D eigenvalue weighted by Gasteiger charge is -2.31. The molecule has 11 heteroatoms. The number of aromatic nitrogens is 1. The van der Waals surface area contributed by atoms with Gasteiger partial charge in [-0.15, -0.1) is 0 Å². The van der Waals surface area contributed by atoms with E-state index in [0.717, 1.165) is 27.7 Å². The number of thioether (sulfide) groups is 1. The number of anilines is 2. The highest BCUT2D eigenvalue weighted by Crippen LogP contribution is 2.54. The zero-order chi connectivity index (χ0) is 32.1. The zero-order valence-electron chi connectivity index (χ0n) is 25.2. The Kier molecular flexibility index (Phi) is 7.66. The van der Waals surface area contributed by atoms with E-state index in [9.17, 15) is 19.2 Å². The largest absolute Gasteiger partial charge is 0.493 e. The molecular weight excluding hydrogens is 623 g/mol. The summed E-state index contributed by atoms with van der Waals surface area (Å²) in [5.41, 5.74) is 2.82. The fraction of sp³-hybridized carbons (Fsp3) is 0.200. The second-order valence-corrected chi connectivity index (χ2v) is 13.4. The number of thiazole rings is 1. The Morgan fingerprint density at radius 2 is 1.59 bits per heavy atom. The summed E-state index contributed by atoms with van der Waals surface area (Å²) in [6, 6.07) is 26.1. The van der Waals surface area contributed by atoms with E-state index in [4.69, 9.17) is 9.47 Å². The van der Waals surface area contributed by atoms with Crippen LogP contribution in [-0.4, -0.2) is 41.8 Å². The van der Waals surface area contributed by atoms with E-state index in [1.54, 1.807) is 24.3 Å². The molecule has 1 aromatic heterocycles. The first-order valence-corrected chi connectivity index (χ1v) is 16.3. The summed E-state index contributed by atoms with van der Waals surface area (Å²) in [4.78, 5) is 56.6. The normalized spacial score (nSPS) is 18.8. The molecule has 0 saturated carbocycles. The minimum Gasteiger partial charge on any atom is -0.493 e. The number of hydrogen-bond acceptors (Lipinski definition) is 8. The lowest BCUT2D eigenvalue weighted by Crippen LogP contribution is -2.33. The van der Waals surface area contributed by atoms with E-state index in [2.05, 4.69) is 5.32 Å². The first-order chi connectivity index (χ1) is 22.3. The van der Waals surface area contributed by atoms with Crippen LogP contribution in [0.25, 0.3) is 10.8 Å². The van der Waals surface area contributed by atoms with E-state index >= 15 is 0 Å². The van der Waals surface area contributed by atoms with Crippen LogP contribution in [0, 0.1) is 12.8 Å². The Morgan fingerprint density at radius 1 is 0.848 bits per heavy atom. The maximum Gasteiger partial charge on any atom is 0.308 e. The van der Waals surface area contributed by atoms with E-state index in [0.29, 0.717) is 38.3 Å². The van der Waals surface area contributed by atoms with Crippen LogP contribution in [-0.2, 0) is 20.9 Å². The predicted octanol–water partition coefficient (Wildman–Crippen LogP) is 5.82. The topological polar surface area (TPSA) is 107 Å². The van der Waals surface area contributed by atoms with Crippen molar-refractivity contribution in [3.8, 4) is 11.5 Å². The van der Waals surface area contributed by atoms with Gasteiger partial charge in [-0.3, -0.25) is 23.7 Å². The van der Waals surface area contributed by atoms with Crippen LogP contribution in [0.5, 0.6) is 11.5 Å². The van der Waals surface area contributed by atoms with Crippen LogP contribution in [0.15, 0.2) is 94.7 Å². The van der Waals surface area contributed by atoms with Crippen molar-refractivity contribution in [1.82, 2.24) is 4.57 Å². The number of benzene rings is 4. The highest BCUT2D eigenvalue weighted by Gasteiger charge is 2.57. The summed E-state index contributed by atoms with van der Waals surface area (Å²) in [6.07, 6.45) is 0. The number of rotatable bonds is 7. The molecule has 1 saturated heterocycles. The molecule has 0 radical (unpaired) electrons. The standard InChI is InChI=1S/C35H29N3O6S2/c1-19-8-13-24(14-9-19)38-32(40)29-28(22-11-15-25(43-2)26(17-22)44-3)31-34(45-30(29)33(38)41)37(35(42)46-31)18-27(39)36-23-12-10-20-6-4-5-7-21(20)16-23/h4-17,28-30H,18H2,1-3H3,(H,36,39). The lowest BCUT2D eigenvalue weighted by molar-refractivity contribution is -0.122. The van der Waals surface area contributed by atoms with Crippen molar-refractivity contribution in [3.63, 3.8) is 0 Å². The molecule has 0 spiro atoms. The van der Waals surface area contributed by atoms with Gasteiger partial charge in [0, 0.05) is 16.5 Å². The van der Waals surface area contributed by atoms with Crippen molar-refractivity contribution >= 4 is 63.0 Å². The second-order valence-electron chi connectivity index (χ2n) is 11.2. The molecule has 0 bridgehead atoms. The van der Waals surface area contributed by atoms with Crippen molar-refractivity contribution in [1.29, 1.82) is 0 Å². The van der Waals surface area contributed by atoms with Crippen molar-refractivity contribution in [2.75, 3.05) is 24.4 Å². The fourth-order valence-electron chi connectivity index (χ4n) is 6.22. The van der Waals surface area contributed by atoms with Gasteiger partial charge in [-0.05, 0) is 59.7 Å². The molecule has 3 amide bonds. The van der Waals surface area contributed by atoms with Gasteiger partial charge in [0.2, 0.25) is 17.7 Å². The summed E-state index contributed by atoms with van der Waals surface area (Å²) in [7, 11) is 3.06. The molecule has 3 atom stereocenters. The third-order valence-electron chi connectivity index (χ3n) is 8.44. The van der Waals surface area contributed by atoms with Crippen LogP contribution in [0.3, 0.4) is 0 Å². The smallest absolute Gasteiger partial charge is 0.308 e. The number of amides is 3. The number of carbonyl (C=O) groups is 3. The molecule has 0 aliphatic carbocycles. The van der Waals surface area contributed by atoms with Crippen molar-refractivity contribution in [3.05, 3.63) is 111 Å². The SMILES string of the molecule is COc1ccc(C2c3sc(=O)n(CC(=O)Nc4ccc5ccccc5c4)c3SC3C(=O)N(c4ccc(C)cc4)C(=O)C32)cc1OC. The maximum absolute atomic E-state index is 14.2. The van der Waals surface area contributed by atoms with Gasteiger partial charge in [0.25, 0.3) is 0 Å². The van der Waals surface area contributed by atoms with Gasteiger partial charge >= 0.3 is 4.87 Å². The average Bonchev–Trinajstić information content (AvgIpc) is 3.50. The molecule has 4 aromatic carbocycles. The Balaban J connectivity index is 1.28. The third-order valence-corrected chi connectivity index (χ3v) is 11.0. The Hall–Kier alpha value is -4.87. The molecule has 232 valence electrons. The molecule has 46 heavy (non-hydrogen) atoms. The Morgan fingerprint density at radius 3 is 2.33 bits per heavy atom. The van der Waals surface area contributed by atoms with Gasteiger partial charge in [0.05, 0.1) is 30.9 Å². The maximum atomic E-state index is 14.2. The summed E-state index contributed by atoms with van der Waals surface area (Å²) in [5.74, 6) is -1.50. The van der Waals surface area contributed by atoms with E-state index in [1.165, 1.54) is 35.4 Å². The number of nitrogens with zero attached hydrogens (tertiary/aromatic N) is 2. The minimum atomic E-state index is -0.803. The van der Waals surface area contributed by atoms with E-state index < -0.39 is 17.1 Å². The van der Waals surface area contributed by atoms with Crippen LogP contribution in [0.4, 0.5) is 11.4 Å². The number of fused-ring (bicyclic) bond motifs is 3. The summed E-state index contributed by atoms with van der Waals surface area (Å²) < 4.78 is 12.4. The number of hydrogen-bond donors (Lipinski definition) is 1. The molecule has 1 N–H and O–H groups in total. The Bertz CT molecular complexity index is 2090. The highest BCUT2D eigenvalue weighted by atomic mass is 32.2. The van der Waals surface area contributed by atoms with Crippen LogP contribution in [0.1, 0.15) is 21.9 Å². The molecular formula is C35H29N3O6S2. The third kappa shape index (κ3) is 5.05. The molecule has 9 nitrogen and oxygen atoms in total. The van der Waals surface area contributed by atoms with Crippen LogP contribution in [0.2, 0.25) is 0 Å². The average molecular weight is 652 g/mol. The van der Waals surface area contributed by atoms with Gasteiger partial charge in [0.15, 0.2) is 11.5 Å². The monoisotopic (exact) mass is 651 g/mol. The predicted molar refractivity (Wildman–Crippen MR) is 179 cm³/mol. The number of aryl methyl sites for hydroxylation is 1. The molecule has 1 fully saturated rings. The lowest BCUT2D eigenvalue weighted by atomic mass is 9.83. The van der Waals surface area contributed by atoms with Gasteiger partial charge in [0.1, 0.15) is 11.8 Å². The molecule has 3 unspecified atom stereocenters. The fourth-order valence-corrected chi connectivity index (χ4v) is 8.99. The number of ether oxygens (including phenoxy) is 2. The quantitative estimate of drug-likeness (QED) is 0.221. The number of methoxy groups -OCH3 is 2. The molecule has 7 rings (SSSR count). The molecule has 5 aromatic rings. The molecule has 3 heterocycles. The van der Waals surface area contributed by atoms with Crippen LogP contribution >= 0.6 is 23.1 Å². The summed E-state index contributed by atoms with van der Waals surface area (Å²) >= 11 is 2.18. The second kappa shape index (κ2) is 11.8. The van der Waals surface area contributed by atoms with Gasteiger partial charge < -0.3 is 14.8 Å². The number of imide groups is 1. The summed E-state index contributed by atoms with van der Waals surface area (Å²) in [6.45, 7) is 1.69. The van der Waals surface area contributed by atoms with Gasteiger partial charge in [-0.2, -0.15) is 0 Å². The van der Waals surface area contributed by atoms with Gasteiger partial charge in [-0.25, -0.2) is 4.90 Å². The first-order valence-electron chi connectivity index (χ1n) is 14.6. The Labute approximate surface area is 272 Å². The van der Waals surface area contributed by atoms with E-state index in [1.807, 2.05) is 67.6 Å². The molecule has 2 aliphatic rings. The molecule has 2 aliphatic heterocycles. The highest BCUT2D eigenvalue weighted by molar-refractivity contribution is 8.00. The first kappa shape index (κ1) is 29.8. The number of carbonyl (C=O) groups excluding carboxylic acids is 3. The summed E-state index contributed by atoms with van der Waals surface area (Å²) in [5, 5.41) is 4.64. The van der Waals surface area contributed by atoms with E-state index in [-0.39, 0.29) is 29.1 Å². The zero-order valence-corrected chi connectivity index (χ0v) is 26.8. The van der Waals surface area contributed by atoms with Crippen LogP contribution < -0.4 is 24.6 Å². The minimum absolute atomic E-state index is 0.246. The van der Waals surface area contributed by atoms with Crippen molar-refractivity contribution < 1.29 is 23.9 Å². The van der Waals surface area contributed by atoms with Crippen molar-refractivity contribution in [2.24, 2.45) is 5.92 Å². The van der Waals surface area contributed by atoms with Gasteiger partial charge in [-0.1, -0.05) is 77.2 Å².